The van der Waals surface area contributed by atoms with Gasteiger partial charge in [-0.25, -0.2) is 0 Å². The van der Waals surface area contributed by atoms with Crippen LogP contribution < -0.4 is 5.32 Å². The minimum Gasteiger partial charge on any atom is -0.351 e. The monoisotopic (exact) mass is 196 g/mol. The third-order valence-electron chi connectivity index (χ3n) is 3.66. The van der Waals surface area contributed by atoms with Gasteiger partial charge in [-0.1, -0.05) is 6.42 Å². The van der Waals surface area contributed by atoms with Gasteiger partial charge in [0.05, 0.1) is 0 Å². The van der Waals surface area contributed by atoms with E-state index >= 15 is 0 Å². The van der Waals surface area contributed by atoms with Gasteiger partial charge in [-0.2, -0.15) is 0 Å². The van der Waals surface area contributed by atoms with Crippen molar-refractivity contribution in [3.05, 3.63) is 0 Å². The lowest BCUT2D eigenvalue weighted by atomic mass is 9.84. The summed E-state index contributed by atoms with van der Waals surface area (Å²) in [6.45, 7) is 2.25. The van der Waals surface area contributed by atoms with E-state index in [4.69, 9.17) is 0 Å². The summed E-state index contributed by atoms with van der Waals surface area (Å²) in [7, 11) is 2.16. The minimum absolute atomic E-state index is 0.153. The highest BCUT2D eigenvalue weighted by Gasteiger charge is 2.35. The molecule has 0 aromatic carbocycles. The smallest absolute Gasteiger partial charge is 0.220 e. The Hall–Kier alpha value is -0.570. The zero-order valence-corrected chi connectivity index (χ0v) is 9.01. The number of rotatable bonds is 0. The maximum absolute atomic E-state index is 11.5. The Morgan fingerprint density at radius 1 is 1.21 bits per heavy atom. The Morgan fingerprint density at radius 3 is 2.64 bits per heavy atom. The van der Waals surface area contributed by atoms with E-state index in [1.54, 1.807) is 0 Å². The van der Waals surface area contributed by atoms with Gasteiger partial charge < -0.3 is 10.2 Å². The van der Waals surface area contributed by atoms with E-state index in [9.17, 15) is 4.79 Å². The first kappa shape index (κ1) is 9.97. The third kappa shape index (κ3) is 2.08. The van der Waals surface area contributed by atoms with Crippen LogP contribution >= 0.6 is 0 Å². The molecule has 2 aliphatic rings. The zero-order valence-electron chi connectivity index (χ0n) is 9.01. The lowest BCUT2D eigenvalue weighted by Gasteiger charge is -2.40. The molecule has 2 saturated heterocycles. The first-order valence-corrected chi connectivity index (χ1v) is 5.70. The van der Waals surface area contributed by atoms with Crippen molar-refractivity contribution in [3.8, 4) is 0 Å². The Labute approximate surface area is 85.8 Å². The fraction of sp³-hybridized carbons (Fsp3) is 0.909. The normalized spacial score (nSPS) is 28.5. The molecule has 0 atom stereocenters. The van der Waals surface area contributed by atoms with Crippen molar-refractivity contribution in [2.24, 2.45) is 0 Å². The van der Waals surface area contributed by atoms with E-state index in [1.165, 1.54) is 12.8 Å². The maximum atomic E-state index is 11.5. The lowest BCUT2D eigenvalue weighted by Crippen LogP contribution is -2.53. The highest BCUT2D eigenvalue weighted by atomic mass is 16.1. The van der Waals surface area contributed by atoms with Crippen molar-refractivity contribution < 1.29 is 4.79 Å². The van der Waals surface area contributed by atoms with E-state index in [0.717, 1.165) is 38.8 Å². The predicted molar refractivity (Wildman–Crippen MR) is 56.1 cm³/mol. The topological polar surface area (TPSA) is 32.3 Å². The molecule has 2 fully saturated rings. The van der Waals surface area contributed by atoms with Crippen LogP contribution in [0.5, 0.6) is 0 Å². The number of hydrogen-bond acceptors (Lipinski definition) is 2. The average molecular weight is 196 g/mol. The van der Waals surface area contributed by atoms with Crippen molar-refractivity contribution in [3.63, 3.8) is 0 Å². The standard InChI is InChI=1S/C11H20N2O/c1-13-8-6-11(7-9-13)5-3-2-4-10(14)12-11/h2-9H2,1H3,(H,12,14). The molecule has 0 aromatic heterocycles. The van der Waals surface area contributed by atoms with Gasteiger partial charge in [-0.3, -0.25) is 4.79 Å². The molecule has 80 valence electrons. The molecule has 14 heavy (non-hydrogen) atoms. The first-order chi connectivity index (χ1) is 6.70. The number of likely N-dealkylation sites (tertiary alicyclic amines) is 1. The van der Waals surface area contributed by atoms with Crippen LogP contribution in [0.25, 0.3) is 0 Å². The minimum atomic E-state index is 0.153. The quantitative estimate of drug-likeness (QED) is 0.630. The van der Waals surface area contributed by atoms with Gasteiger partial charge >= 0.3 is 0 Å². The van der Waals surface area contributed by atoms with Gasteiger partial charge in [0.15, 0.2) is 0 Å². The van der Waals surface area contributed by atoms with Crippen molar-refractivity contribution in [1.82, 2.24) is 10.2 Å². The average Bonchev–Trinajstić information content (AvgIpc) is 2.34. The third-order valence-corrected chi connectivity index (χ3v) is 3.66. The highest BCUT2D eigenvalue weighted by molar-refractivity contribution is 5.77. The number of hydrogen-bond donors (Lipinski definition) is 1. The van der Waals surface area contributed by atoms with Crippen LogP contribution in [0.3, 0.4) is 0 Å². The largest absolute Gasteiger partial charge is 0.351 e. The number of nitrogens with zero attached hydrogens (tertiary/aromatic N) is 1. The lowest BCUT2D eigenvalue weighted by molar-refractivity contribution is -0.123. The molecule has 3 nitrogen and oxygen atoms in total. The SMILES string of the molecule is CN1CCC2(CCCCC(=O)N2)CC1. The number of nitrogens with one attached hydrogen (secondary N) is 1. The molecule has 3 heteroatoms. The van der Waals surface area contributed by atoms with E-state index in [1.807, 2.05) is 0 Å². The number of piperidine rings is 1. The second-order valence-corrected chi connectivity index (χ2v) is 4.84. The summed E-state index contributed by atoms with van der Waals surface area (Å²) < 4.78 is 0. The van der Waals surface area contributed by atoms with E-state index in [-0.39, 0.29) is 11.4 Å². The molecule has 0 bridgehead atoms. The number of amides is 1. The van der Waals surface area contributed by atoms with Gasteiger partial charge in [-0.15, -0.1) is 0 Å². The fourth-order valence-electron chi connectivity index (χ4n) is 2.59. The van der Waals surface area contributed by atoms with Gasteiger partial charge in [0.2, 0.25) is 5.91 Å². The summed E-state index contributed by atoms with van der Waals surface area (Å²) in [5.74, 6) is 0.270. The van der Waals surface area contributed by atoms with Crippen LogP contribution in [-0.2, 0) is 4.79 Å². The molecule has 2 aliphatic heterocycles. The zero-order chi connectivity index (χ0) is 10.0. The van der Waals surface area contributed by atoms with Crippen LogP contribution in [0.1, 0.15) is 38.5 Å². The summed E-state index contributed by atoms with van der Waals surface area (Å²) >= 11 is 0. The Kier molecular flexibility index (Phi) is 2.77. The molecule has 1 amide bonds. The highest BCUT2D eigenvalue weighted by Crippen LogP contribution is 2.29. The van der Waals surface area contributed by atoms with Crippen LogP contribution in [0.4, 0.5) is 0 Å². The van der Waals surface area contributed by atoms with Crippen LogP contribution in [0.15, 0.2) is 0 Å². The Balaban J connectivity index is 2.02. The first-order valence-electron chi connectivity index (χ1n) is 5.70. The molecule has 1 spiro atoms. The summed E-state index contributed by atoms with van der Waals surface area (Å²) in [5.41, 5.74) is 0.153. The van der Waals surface area contributed by atoms with Gasteiger partial charge in [-0.05, 0) is 32.7 Å². The molecule has 0 unspecified atom stereocenters. The molecule has 2 rings (SSSR count). The number of carbonyl (C=O) groups is 1. The van der Waals surface area contributed by atoms with Crippen LogP contribution in [0.2, 0.25) is 0 Å². The van der Waals surface area contributed by atoms with Crippen LogP contribution in [0, 0.1) is 0 Å². The van der Waals surface area contributed by atoms with Crippen molar-refractivity contribution in [1.29, 1.82) is 0 Å². The Morgan fingerprint density at radius 2 is 1.93 bits per heavy atom. The molecule has 0 saturated carbocycles. The molecule has 1 N–H and O–H groups in total. The van der Waals surface area contributed by atoms with Gasteiger partial charge in [0.25, 0.3) is 0 Å². The molecule has 0 radical (unpaired) electrons. The van der Waals surface area contributed by atoms with Crippen molar-refractivity contribution >= 4 is 5.91 Å². The molecular formula is C11H20N2O. The summed E-state index contributed by atoms with van der Waals surface area (Å²) in [6, 6.07) is 0. The summed E-state index contributed by atoms with van der Waals surface area (Å²) in [6.07, 6.45) is 6.47. The van der Waals surface area contributed by atoms with Gasteiger partial charge in [0, 0.05) is 25.0 Å². The van der Waals surface area contributed by atoms with Crippen LogP contribution in [-0.4, -0.2) is 36.5 Å². The second-order valence-electron chi connectivity index (χ2n) is 4.84. The predicted octanol–water partition coefficient (Wildman–Crippen LogP) is 1.14. The van der Waals surface area contributed by atoms with E-state index in [0.29, 0.717) is 0 Å². The molecule has 2 heterocycles. The second kappa shape index (κ2) is 3.89. The van der Waals surface area contributed by atoms with Gasteiger partial charge in [0.1, 0.15) is 0 Å². The van der Waals surface area contributed by atoms with E-state index < -0.39 is 0 Å². The molecule has 0 aromatic rings. The maximum Gasteiger partial charge on any atom is 0.220 e. The fourth-order valence-corrected chi connectivity index (χ4v) is 2.59. The van der Waals surface area contributed by atoms with Crippen molar-refractivity contribution in [2.75, 3.05) is 20.1 Å². The molecule has 0 aliphatic carbocycles. The van der Waals surface area contributed by atoms with Crippen molar-refractivity contribution in [2.45, 2.75) is 44.1 Å². The Bertz CT molecular complexity index is 219. The summed E-state index contributed by atoms with van der Waals surface area (Å²) in [4.78, 5) is 13.9. The van der Waals surface area contributed by atoms with E-state index in [2.05, 4.69) is 17.3 Å². The summed E-state index contributed by atoms with van der Waals surface area (Å²) in [5, 5.41) is 3.25. The molecular weight excluding hydrogens is 176 g/mol. The number of carbonyl (C=O) groups excluding carboxylic acids is 1.